The normalized spacial score (nSPS) is 21.0. The van der Waals surface area contributed by atoms with Crippen molar-refractivity contribution < 1.29 is 0 Å². The zero-order valence-corrected chi connectivity index (χ0v) is 15.5. The molecule has 0 unspecified atom stereocenters. The Balaban J connectivity index is 1.64. The van der Waals surface area contributed by atoms with Crippen molar-refractivity contribution in [3.63, 3.8) is 0 Å². The first-order valence-electron chi connectivity index (χ1n) is 7.31. The zero-order valence-electron chi connectivity index (χ0n) is 12.3. The molecule has 1 saturated carbocycles. The number of hydrogen-bond acceptors (Lipinski definition) is 1. The van der Waals surface area contributed by atoms with E-state index in [1.807, 2.05) is 0 Å². The van der Waals surface area contributed by atoms with Crippen LogP contribution in [0.2, 0.25) is 0 Å². The van der Waals surface area contributed by atoms with E-state index >= 15 is 0 Å². The van der Waals surface area contributed by atoms with Crippen LogP contribution in [0, 0.1) is 13.8 Å². The molecule has 1 fully saturated rings. The highest BCUT2D eigenvalue weighted by atomic mass is 79.9. The molecule has 3 heteroatoms. The van der Waals surface area contributed by atoms with Gasteiger partial charge in [-0.3, -0.25) is 0 Å². The Morgan fingerprint density at radius 3 is 2.05 bits per heavy atom. The highest BCUT2D eigenvalue weighted by Crippen LogP contribution is 2.40. The molecule has 0 spiro atoms. The molecule has 3 rings (SSSR count). The second kappa shape index (κ2) is 6.13. The molecular formula is C18H19Br2N. The maximum atomic E-state index is 3.72. The number of nitrogens with one attached hydrogen (secondary N) is 1. The molecule has 0 atom stereocenters. The topological polar surface area (TPSA) is 12.0 Å². The summed E-state index contributed by atoms with van der Waals surface area (Å²) in [4.78, 5) is 0. The summed E-state index contributed by atoms with van der Waals surface area (Å²) in [6, 6.07) is 13.7. The maximum Gasteiger partial charge on any atom is 0.0402 e. The average molecular weight is 409 g/mol. The third-order valence-corrected chi connectivity index (χ3v) is 5.31. The number of rotatable bonds is 3. The number of halogens is 2. The van der Waals surface area contributed by atoms with Crippen molar-refractivity contribution in [2.24, 2.45) is 0 Å². The van der Waals surface area contributed by atoms with Gasteiger partial charge in [-0.05, 0) is 73.6 Å². The lowest BCUT2D eigenvalue weighted by atomic mass is 9.75. The van der Waals surface area contributed by atoms with Crippen molar-refractivity contribution in [1.82, 2.24) is 0 Å². The van der Waals surface area contributed by atoms with E-state index in [2.05, 4.69) is 87.4 Å². The minimum atomic E-state index is 0.595. The Labute approximate surface area is 143 Å². The lowest BCUT2D eigenvalue weighted by Crippen LogP contribution is -2.34. The minimum absolute atomic E-state index is 0.595. The van der Waals surface area contributed by atoms with Gasteiger partial charge in [0.2, 0.25) is 0 Å². The van der Waals surface area contributed by atoms with Crippen molar-refractivity contribution in [2.45, 2.75) is 38.6 Å². The van der Waals surface area contributed by atoms with Gasteiger partial charge in [-0.25, -0.2) is 0 Å². The number of anilines is 1. The Morgan fingerprint density at radius 1 is 0.905 bits per heavy atom. The van der Waals surface area contributed by atoms with Gasteiger partial charge in [0, 0.05) is 20.7 Å². The molecule has 0 saturated heterocycles. The molecule has 0 amide bonds. The van der Waals surface area contributed by atoms with Gasteiger partial charge in [0.25, 0.3) is 0 Å². The van der Waals surface area contributed by atoms with E-state index in [9.17, 15) is 0 Å². The van der Waals surface area contributed by atoms with Gasteiger partial charge < -0.3 is 5.32 Å². The van der Waals surface area contributed by atoms with Crippen LogP contribution in [0.4, 0.5) is 5.69 Å². The molecule has 21 heavy (non-hydrogen) atoms. The van der Waals surface area contributed by atoms with Crippen LogP contribution in [-0.4, -0.2) is 6.04 Å². The predicted octanol–water partition coefficient (Wildman–Crippen LogP) is 6.19. The van der Waals surface area contributed by atoms with E-state index in [0.717, 1.165) is 8.95 Å². The fourth-order valence-electron chi connectivity index (χ4n) is 3.09. The van der Waals surface area contributed by atoms with Crippen LogP contribution >= 0.6 is 31.9 Å². The predicted molar refractivity (Wildman–Crippen MR) is 97.1 cm³/mol. The SMILES string of the molecule is Cc1cc(Br)cc(C)c1NC1CC(c2ccc(Br)cc2)C1. The quantitative estimate of drug-likeness (QED) is 0.638. The summed E-state index contributed by atoms with van der Waals surface area (Å²) in [5.74, 6) is 0.701. The summed E-state index contributed by atoms with van der Waals surface area (Å²) in [7, 11) is 0. The lowest BCUT2D eigenvalue weighted by Gasteiger charge is -2.37. The fraction of sp³-hybridized carbons (Fsp3) is 0.333. The summed E-state index contributed by atoms with van der Waals surface area (Å²) < 4.78 is 2.31. The van der Waals surface area contributed by atoms with Crippen LogP contribution in [0.5, 0.6) is 0 Å². The van der Waals surface area contributed by atoms with Crippen molar-refractivity contribution in [3.05, 3.63) is 62.0 Å². The highest BCUT2D eigenvalue weighted by Gasteiger charge is 2.30. The van der Waals surface area contributed by atoms with Gasteiger partial charge in [-0.1, -0.05) is 44.0 Å². The molecule has 1 aliphatic carbocycles. The van der Waals surface area contributed by atoms with Crippen LogP contribution < -0.4 is 5.32 Å². The molecule has 1 aliphatic rings. The standard InChI is InChI=1S/C18H19Br2N/c1-11-7-16(20)8-12(2)18(11)21-17-9-14(10-17)13-3-5-15(19)6-4-13/h3-8,14,17,21H,9-10H2,1-2H3. The molecule has 2 aromatic rings. The summed E-state index contributed by atoms with van der Waals surface area (Å²) in [6.45, 7) is 4.34. The average Bonchev–Trinajstić information content (AvgIpc) is 2.37. The van der Waals surface area contributed by atoms with Crippen molar-refractivity contribution in [2.75, 3.05) is 5.32 Å². The molecule has 0 aromatic heterocycles. The first-order chi connectivity index (χ1) is 10.0. The summed E-state index contributed by atoms with van der Waals surface area (Å²) >= 11 is 7.05. The molecule has 0 radical (unpaired) electrons. The van der Waals surface area contributed by atoms with Gasteiger partial charge in [0.05, 0.1) is 0 Å². The van der Waals surface area contributed by atoms with Crippen LogP contribution in [0.3, 0.4) is 0 Å². The van der Waals surface area contributed by atoms with Gasteiger partial charge >= 0.3 is 0 Å². The van der Waals surface area contributed by atoms with E-state index < -0.39 is 0 Å². The zero-order chi connectivity index (χ0) is 15.0. The second-order valence-corrected chi connectivity index (χ2v) is 7.81. The molecular weight excluding hydrogens is 390 g/mol. The molecule has 2 aromatic carbocycles. The maximum absolute atomic E-state index is 3.72. The van der Waals surface area contributed by atoms with Gasteiger partial charge in [-0.15, -0.1) is 0 Å². The molecule has 0 heterocycles. The smallest absolute Gasteiger partial charge is 0.0402 e. The first kappa shape index (κ1) is 15.1. The highest BCUT2D eigenvalue weighted by molar-refractivity contribution is 9.10. The molecule has 1 nitrogen and oxygen atoms in total. The Kier molecular flexibility index (Phi) is 4.41. The Hall–Kier alpha value is -0.800. The first-order valence-corrected chi connectivity index (χ1v) is 8.90. The summed E-state index contributed by atoms with van der Waals surface area (Å²) in [5, 5.41) is 3.72. The third kappa shape index (κ3) is 3.35. The lowest BCUT2D eigenvalue weighted by molar-refractivity contribution is 0.374. The minimum Gasteiger partial charge on any atom is -0.382 e. The van der Waals surface area contributed by atoms with Gasteiger partial charge in [-0.2, -0.15) is 0 Å². The molecule has 0 aliphatic heterocycles. The number of hydrogen-bond donors (Lipinski definition) is 1. The van der Waals surface area contributed by atoms with Crippen LogP contribution in [0.25, 0.3) is 0 Å². The van der Waals surface area contributed by atoms with E-state index in [4.69, 9.17) is 0 Å². The van der Waals surface area contributed by atoms with Crippen LogP contribution in [0.1, 0.15) is 35.4 Å². The van der Waals surface area contributed by atoms with Crippen LogP contribution in [-0.2, 0) is 0 Å². The van der Waals surface area contributed by atoms with Gasteiger partial charge in [0.1, 0.15) is 0 Å². The summed E-state index contributed by atoms with van der Waals surface area (Å²) in [5.41, 5.74) is 5.39. The van der Waals surface area contributed by atoms with E-state index in [1.54, 1.807) is 0 Å². The number of aryl methyl sites for hydroxylation is 2. The second-order valence-electron chi connectivity index (χ2n) is 5.98. The van der Waals surface area contributed by atoms with Crippen molar-refractivity contribution >= 4 is 37.5 Å². The number of benzene rings is 2. The summed E-state index contributed by atoms with van der Waals surface area (Å²) in [6.07, 6.45) is 2.44. The molecule has 1 N–H and O–H groups in total. The van der Waals surface area contributed by atoms with Crippen molar-refractivity contribution in [3.8, 4) is 0 Å². The monoisotopic (exact) mass is 407 g/mol. The van der Waals surface area contributed by atoms with E-state index in [0.29, 0.717) is 12.0 Å². The largest absolute Gasteiger partial charge is 0.382 e. The molecule has 110 valence electrons. The Morgan fingerprint density at radius 2 is 1.48 bits per heavy atom. The van der Waals surface area contributed by atoms with Crippen molar-refractivity contribution in [1.29, 1.82) is 0 Å². The van der Waals surface area contributed by atoms with Crippen LogP contribution in [0.15, 0.2) is 45.3 Å². The third-order valence-electron chi connectivity index (χ3n) is 4.33. The Bertz CT molecular complexity index is 620. The fourth-order valence-corrected chi connectivity index (χ4v) is 4.04. The van der Waals surface area contributed by atoms with E-state index in [1.165, 1.54) is 35.2 Å². The molecule has 0 bridgehead atoms. The van der Waals surface area contributed by atoms with E-state index in [-0.39, 0.29) is 0 Å². The van der Waals surface area contributed by atoms with Gasteiger partial charge in [0.15, 0.2) is 0 Å².